The topological polar surface area (TPSA) is 6.48 Å². The molecule has 0 fully saturated rings. The maximum absolute atomic E-state index is 2.59. The summed E-state index contributed by atoms with van der Waals surface area (Å²) < 4.78 is 0. The van der Waals surface area contributed by atoms with Crippen molar-refractivity contribution in [1.82, 2.24) is 0 Å². The van der Waals surface area contributed by atoms with Gasteiger partial charge in [0.15, 0.2) is 0 Å². The largest absolute Gasteiger partial charge is 0.313 e. The van der Waals surface area contributed by atoms with E-state index in [4.69, 9.17) is 0 Å². The van der Waals surface area contributed by atoms with E-state index in [0.29, 0.717) is 5.92 Å². The summed E-state index contributed by atoms with van der Waals surface area (Å²) in [5, 5.41) is 6.61. The van der Waals surface area contributed by atoms with Crippen molar-refractivity contribution in [3.05, 3.63) is 215 Å². The number of anilines is 5. The smallest absolute Gasteiger partial charge is 0.0543 e. The average Bonchev–Trinajstić information content (AvgIpc) is 3.28. The second-order valence-corrected chi connectivity index (χ2v) is 16.8. The molecule has 0 aliphatic heterocycles. The van der Waals surface area contributed by atoms with E-state index in [1.165, 1.54) is 111 Å². The molecule has 60 heavy (non-hydrogen) atoms. The van der Waals surface area contributed by atoms with Gasteiger partial charge in [0.05, 0.1) is 17.1 Å². The molecule has 0 saturated heterocycles. The molecular formula is C58H50N2. The number of benzene rings is 9. The zero-order valence-electron chi connectivity index (χ0n) is 35.4. The van der Waals surface area contributed by atoms with Gasteiger partial charge in [-0.25, -0.2) is 0 Å². The Bertz CT molecular complexity index is 3110. The predicted octanol–water partition coefficient (Wildman–Crippen LogP) is 15.5. The lowest BCUT2D eigenvalue weighted by Gasteiger charge is -2.36. The van der Waals surface area contributed by atoms with Gasteiger partial charge in [0.25, 0.3) is 0 Å². The highest BCUT2D eigenvalue weighted by atomic mass is 15.2. The number of rotatable bonds is 8. The van der Waals surface area contributed by atoms with Gasteiger partial charge >= 0.3 is 0 Å². The zero-order chi connectivity index (χ0) is 41.1. The van der Waals surface area contributed by atoms with Gasteiger partial charge < -0.3 is 9.80 Å². The van der Waals surface area contributed by atoms with Crippen LogP contribution in [0.15, 0.2) is 176 Å². The minimum Gasteiger partial charge on any atom is -0.313 e. The van der Waals surface area contributed by atoms with Crippen molar-refractivity contribution in [3.8, 4) is 22.3 Å². The third-order valence-electron chi connectivity index (χ3n) is 13.0. The first-order valence-electron chi connectivity index (χ1n) is 21.3. The number of nitrogens with zero attached hydrogens (tertiary/aromatic N) is 2. The predicted molar refractivity (Wildman–Crippen MR) is 257 cm³/mol. The SMILES string of the molecule is Cc1ccc(-c2ccccc2)c(C)c1N(C1=c2ccc3c(C)cc(N(c4ccccc4)c4c(C)ccc(-c5ccccc5)c4C)c4ccc(c2c34)C(C)C1)c1ccccc1. The summed E-state index contributed by atoms with van der Waals surface area (Å²) in [6.07, 6.45) is 0.927. The van der Waals surface area contributed by atoms with Crippen molar-refractivity contribution >= 4 is 55.7 Å². The summed E-state index contributed by atoms with van der Waals surface area (Å²) in [6, 6.07) is 64.9. The zero-order valence-corrected chi connectivity index (χ0v) is 35.4. The first-order chi connectivity index (χ1) is 29.3. The van der Waals surface area contributed by atoms with E-state index in [1.54, 1.807) is 0 Å². The highest BCUT2D eigenvalue weighted by Gasteiger charge is 2.30. The second-order valence-electron chi connectivity index (χ2n) is 16.8. The van der Waals surface area contributed by atoms with Crippen LogP contribution in [-0.2, 0) is 0 Å². The molecule has 0 spiro atoms. The van der Waals surface area contributed by atoms with Crippen molar-refractivity contribution in [2.75, 3.05) is 9.80 Å². The third kappa shape index (κ3) is 6.09. The van der Waals surface area contributed by atoms with Gasteiger partial charge in [-0.3, -0.25) is 0 Å². The van der Waals surface area contributed by atoms with Crippen molar-refractivity contribution in [3.63, 3.8) is 0 Å². The maximum Gasteiger partial charge on any atom is 0.0543 e. The molecule has 2 nitrogen and oxygen atoms in total. The van der Waals surface area contributed by atoms with E-state index in [-0.39, 0.29) is 0 Å². The summed E-state index contributed by atoms with van der Waals surface area (Å²) in [6.45, 7) is 13.8. The fourth-order valence-corrected chi connectivity index (χ4v) is 10.2. The fourth-order valence-electron chi connectivity index (χ4n) is 10.2. The minimum atomic E-state index is 0.313. The van der Waals surface area contributed by atoms with E-state index in [1.807, 2.05) is 0 Å². The van der Waals surface area contributed by atoms with Gasteiger partial charge in [0, 0.05) is 27.7 Å². The average molecular weight is 775 g/mol. The highest BCUT2D eigenvalue weighted by Crippen LogP contribution is 2.49. The lowest BCUT2D eigenvalue weighted by atomic mass is 9.81. The Morgan fingerprint density at radius 3 is 1.47 bits per heavy atom. The van der Waals surface area contributed by atoms with Gasteiger partial charge in [-0.05, 0) is 149 Å². The highest BCUT2D eigenvalue weighted by molar-refractivity contribution is 6.19. The maximum atomic E-state index is 2.59. The van der Waals surface area contributed by atoms with Crippen molar-refractivity contribution in [2.24, 2.45) is 0 Å². The van der Waals surface area contributed by atoms with Crippen LogP contribution in [0.5, 0.6) is 0 Å². The molecule has 0 bridgehead atoms. The molecule has 0 saturated carbocycles. The summed E-state index contributed by atoms with van der Waals surface area (Å²) in [5.74, 6) is 0.313. The van der Waals surface area contributed by atoms with E-state index in [0.717, 1.165) is 12.1 Å². The van der Waals surface area contributed by atoms with Gasteiger partial charge in [-0.15, -0.1) is 0 Å². The number of para-hydroxylation sites is 2. The normalized spacial score (nSPS) is 13.6. The van der Waals surface area contributed by atoms with Crippen LogP contribution in [0.4, 0.5) is 28.4 Å². The van der Waals surface area contributed by atoms with Gasteiger partial charge in [0.1, 0.15) is 0 Å². The minimum absolute atomic E-state index is 0.313. The van der Waals surface area contributed by atoms with Crippen LogP contribution in [-0.4, -0.2) is 0 Å². The van der Waals surface area contributed by atoms with Crippen LogP contribution in [0.3, 0.4) is 0 Å². The van der Waals surface area contributed by atoms with E-state index in [2.05, 4.69) is 227 Å². The molecule has 0 aromatic heterocycles. The molecule has 9 aromatic carbocycles. The van der Waals surface area contributed by atoms with Crippen LogP contribution in [0.25, 0.3) is 49.5 Å². The van der Waals surface area contributed by atoms with Crippen molar-refractivity contribution < 1.29 is 0 Å². The molecule has 292 valence electrons. The summed E-state index contributed by atoms with van der Waals surface area (Å²) in [5.41, 5.74) is 20.1. The van der Waals surface area contributed by atoms with E-state index in [9.17, 15) is 0 Å². The van der Waals surface area contributed by atoms with Crippen molar-refractivity contribution in [1.29, 1.82) is 0 Å². The molecule has 9 aromatic rings. The fraction of sp³-hybridized carbons (Fsp3) is 0.138. The molecule has 2 heteroatoms. The third-order valence-corrected chi connectivity index (χ3v) is 13.0. The van der Waals surface area contributed by atoms with Crippen LogP contribution < -0.4 is 15.0 Å². The Morgan fingerprint density at radius 1 is 0.433 bits per heavy atom. The monoisotopic (exact) mass is 774 g/mol. The standard InChI is InChI=1S/C58H50N2/c1-37-27-29-49(43-19-11-7-12-20-43)41(5)57(37)59(45-23-15-9-16-24-45)53-35-39(3)47-32-34-52-54(36-40(4)48-31-33-51(53)55(47)56(48)52)60(46-25-17-10-18-26-46)58-38(2)28-30-50(42(58)6)44-21-13-8-14-22-44/h7-35,40H,36H2,1-6H3. The Kier molecular flexibility index (Phi) is 9.37. The van der Waals surface area contributed by atoms with Gasteiger partial charge in [0.2, 0.25) is 0 Å². The summed E-state index contributed by atoms with van der Waals surface area (Å²) in [4.78, 5) is 5.12. The number of hydrogen-bond donors (Lipinski definition) is 0. The van der Waals surface area contributed by atoms with Gasteiger partial charge in [-0.2, -0.15) is 0 Å². The van der Waals surface area contributed by atoms with E-state index >= 15 is 0 Å². The summed E-state index contributed by atoms with van der Waals surface area (Å²) >= 11 is 0. The molecule has 10 rings (SSSR count). The molecular weight excluding hydrogens is 725 g/mol. The van der Waals surface area contributed by atoms with Crippen molar-refractivity contribution in [2.45, 2.75) is 53.9 Å². The molecule has 1 unspecified atom stereocenters. The Labute approximate surface area is 354 Å². The molecule has 1 atom stereocenters. The Morgan fingerprint density at radius 2 is 0.917 bits per heavy atom. The molecule has 1 aliphatic rings. The lowest BCUT2D eigenvalue weighted by molar-refractivity contribution is 0.777. The molecule has 0 N–H and O–H groups in total. The molecule has 1 aliphatic carbocycles. The number of aryl methyl sites for hydroxylation is 3. The number of hydrogen-bond acceptors (Lipinski definition) is 2. The first-order valence-corrected chi connectivity index (χ1v) is 21.3. The molecule has 0 heterocycles. The quantitative estimate of drug-likeness (QED) is 0.152. The van der Waals surface area contributed by atoms with Gasteiger partial charge in [-0.1, -0.05) is 153 Å². The Hall–Kier alpha value is -6.90. The van der Waals surface area contributed by atoms with E-state index < -0.39 is 0 Å². The van der Waals surface area contributed by atoms with Crippen LogP contribution in [0.2, 0.25) is 0 Å². The molecule has 0 amide bonds. The van der Waals surface area contributed by atoms with Crippen LogP contribution in [0, 0.1) is 34.6 Å². The Balaban J connectivity index is 1.28. The molecule has 0 radical (unpaired) electrons. The first kappa shape index (κ1) is 37.4. The lowest BCUT2D eigenvalue weighted by Crippen LogP contribution is -2.29. The summed E-state index contributed by atoms with van der Waals surface area (Å²) in [7, 11) is 0. The van der Waals surface area contributed by atoms with Crippen LogP contribution in [0.1, 0.15) is 52.6 Å². The second kappa shape index (κ2) is 15.0. The van der Waals surface area contributed by atoms with Crippen LogP contribution >= 0.6 is 0 Å².